The molecule has 3 rings (SSSR count). The number of anilines is 1. The maximum atomic E-state index is 13.0. The van der Waals surface area contributed by atoms with Crippen LogP contribution in [0.4, 0.5) is 5.69 Å². The summed E-state index contributed by atoms with van der Waals surface area (Å²) >= 11 is 0. The molecule has 0 saturated carbocycles. The van der Waals surface area contributed by atoms with Gasteiger partial charge in [-0.3, -0.25) is 4.79 Å². The third-order valence-corrected chi connectivity index (χ3v) is 7.49. The molecule has 31 heavy (non-hydrogen) atoms. The third kappa shape index (κ3) is 4.67. The van der Waals surface area contributed by atoms with Crippen molar-refractivity contribution >= 4 is 27.6 Å². The van der Waals surface area contributed by atoms with Crippen LogP contribution in [-0.2, 0) is 14.8 Å². The van der Waals surface area contributed by atoms with Gasteiger partial charge in [-0.15, -0.1) is 0 Å². The molecule has 0 spiro atoms. The van der Waals surface area contributed by atoms with E-state index in [0.29, 0.717) is 47.4 Å². The van der Waals surface area contributed by atoms with Crippen molar-refractivity contribution in [1.82, 2.24) is 9.29 Å². The van der Waals surface area contributed by atoms with Crippen LogP contribution in [0.25, 0.3) is 0 Å². The van der Waals surface area contributed by atoms with E-state index in [1.54, 1.807) is 30.3 Å². The van der Waals surface area contributed by atoms with Gasteiger partial charge < -0.3 is 15.0 Å². The number of aromatic amines is 1. The molecular formula is C22H29N3O5S. The number of benzene rings is 1. The number of piperidine rings is 1. The lowest BCUT2D eigenvalue weighted by atomic mass is 9.94. The van der Waals surface area contributed by atoms with Crippen molar-refractivity contribution in [3.8, 4) is 0 Å². The minimum atomic E-state index is -3.58. The van der Waals surface area contributed by atoms with Gasteiger partial charge in [-0.2, -0.15) is 4.31 Å². The van der Waals surface area contributed by atoms with Gasteiger partial charge in [-0.05, 0) is 61.9 Å². The van der Waals surface area contributed by atoms with E-state index in [9.17, 15) is 18.0 Å². The van der Waals surface area contributed by atoms with Gasteiger partial charge >= 0.3 is 5.97 Å². The molecular weight excluding hydrogens is 418 g/mol. The van der Waals surface area contributed by atoms with E-state index >= 15 is 0 Å². The van der Waals surface area contributed by atoms with E-state index in [1.807, 2.05) is 0 Å². The molecule has 2 unspecified atom stereocenters. The minimum Gasteiger partial charge on any atom is -0.465 e. The van der Waals surface area contributed by atoms with Gasteiger partial charge in [0.25, 0.3) is 5.91 Å². The molecule has 2 N–H and O–H groups in total. The largest absolute Gasteiger partial charge is 0.465 e. The van der Waals surface area contributed by atoms with E-state index < -0.39 is 21.9 Å². The molecule has 1 aromatic carbocycles. The number of rotatable bonds is 5. The second-order valence-corrected chi connectivity index (χ2v) is 10.3. The van der Waals surface area contributed by atoms with E-state index in [4.69, 9.17) is 4.74 Å². The SMILES string of the molecule is COC(=O)c1c(C)[nH]c(C(=O)Nc2ccc(S(=O)(=O)N3CC(C)CC(C)C3)cc2)c1C. The number of esters is 1. The Morgan fingerprint density at radius 2 is 1.68 bits per heavy atom. The molecule has 168 valence electrons. The van der Waals surface area contributed by atoms with Gasteiger partial charge in [0.15, 0.2) is 0 Å². The maximum Gasteiger partial charge on any atom is 0.339 e. The van der Waals surface area contributed by atoms with Gasteiger partial charge in [0.2, 0.25) is 10.0 Å². The minimum absolute atomic E-state index is 0.201. The van der Waals surface area contributed by atoms with Crippen molar-refractivity contribution in [1.29, 1.82) is 0 Å². The molecule has 2 atom stereocenters. The van der Waals surface area contributed by atoms with Crippen LogP contribution in [0.3, 0.4) is 0 Å². The fourth-order valence-electron chi connectivity index (χ4n) is 4.24. The number of ether oxygens (including phenoxy) is 1. The number of hydrogen-bond acceptors (Lipinski definition) is 5. The highest BCUT2D eigenvalue weighted by Gasteiger charge is 2.31. The lowest BCUT2D eigenvalue weighted by molar-refractivity contribution is 0.0599. The number of amides is 1. The molecule has 1 fully saturated rings. The lowest BCUT2D eigenvalue weighted by Crippen LogP contribution is -2.42. The zero-order valence-corrected chi connectivity index (χ0v) is 19.3. The van der Waals surface area contributed by atoms with Crippen LogP contribution in [-0.4, -0.2) is 49.8 Å². The van der Waals surface area contributed by atoms with Crippen molar-refractivity contribution in [2.75, 3.05) is 25.5 Å². The Hall–Kier alpha value is -2.65. The number of hydrogen-bond donors (Lipinski definition) is 2. The normalized spacial score (nSPS) is 19.8. The molecule has 0 bridgehead atoms. The number of carbonyl (C=O) groups excluding carboxylic acids is 2. The average molecular weight is 448 g/mol. The summed E-state index contributed by atoms with van der Waals surface area (Å²) in [6.45, 7) is 8.51. The van der Waals surface area contributed by atoms with Gasteiger partial charge in [-0.25, -0.2) is 13.2 Å². The van der Waals surface area contributed by atoms with Crippen molar-refractivity contribution in [2.45, 2.75) is 39.0 Å². The maximum absolute atomic E-state index is 13.0. The van der Waals surface area contributed by atoms with Gasteiger partial charge in [-0.1, -0.05) is 13.8 Å². The number of sulfonamides is 1. The smallest absolute Gasteiger partial charge is 0.339 e. The predicted molar refractivity (Wildman–Crippen MR) is 118 cm³/mol. The summed E-state index contributed by atoms with van der Waals surface area (Å²) in [5, 5.41) is 2.74. The van der Waals surface area contributed by atoms with E-state index in [1.165, 1.54) is 19.2 Å². The summed E-state index contributed by atoms with van der Waals surface area (Å²) < 4.78 is 32.3. The molecule has 0 radical (unpaired) electrons. The fraction of sp³-hybridized carbons (Fsp3) is 0.455. The first kappa shape index (κ1) is 23.0. The Morgan fingerprint density at radius 3 is 2.23 bits per heavy atom. The Balaban J connectivity index is 1.77. The first-order chi connectivity index (χ1) is 14.5. The second-order valence-electron chi connectivity index (χ2n) is 8.36. The Bertz CT molecular complexity index is 1080. The molecule has 2 heterocycles. The summed E-state index contributed by atoms with van der Waals surface area (Å²) in [7, 11) is -2.30. The number of nitrogens with zero attached hydrogens (tertiary/aromatic N) is 1. The fourth-order valence-corrected chi connectivity index (χ4v) is 5.92. The molecule has 9 heteroatoms. The zero-order valence-electron chi connectivity index (χ0n) is 18.5. The van der Waals surface area contributed by atoms with Gasteiger partial charge in [0.1, 0.15) is 5.69 Å². The Labute approximate surface area is 183 Å². The molecule has 1 aliphatic heterocycles. The molecule has 8 nitrogen and oxygen atoms in total. The van der Waals surface area contributed by atoms with Crippen LogP contribution < -0.4 is 5.32 Å². The highest BCUT2D eigenvalue weighted by Crippen LogP contribution is 2.27. The number of aromatic nitrogens is 1. The lowest BCUT2D eigenvalue weighted by Gasteiger charge is -2.34. The summed E-state index contributed by atoms with van der Waals surface area (Å²) in [5.41, 5.74) is 2.08. The van der Waals surface area contributed by atoms with Crippen LogP contribution >= 0.6 is 0 Å². The van der Waals surface area contributed by atoms with Crippen molar-refractivity contribution < 1.29 is 22.7 Å². The highest BCUT2D eigenvalue weighted by molar-refractivity contribution is 7.89. The zero-order chi connectivity index (χ0) is 22.9. The van der Waals surface area contributed by atoms with Crippen molar-refractivity contribution in [3.63, 3.8) is 0 Å². The van der Waals surface area contributed by atoms with Crippen LogP contribution in [0, 0.1) is 25.7 Å². The molecule has 0 aliphatic carbocycles. The van der Waals surface area contributed by atoms with Crippen molar-refractivity contribution in [3.05, 3.63) is 46.8 Å². The van der Waals surface area contributed by atoms with Gasteiger partial charge in [0, 0.05) is 24.5 Å². The molecule has 1 amide bonds. The standard InChI is InChI=1S/C22H29N3O5S/c1-13-10-14(2)12-25(11-13)31(28,29)18-8-6-17(7-9-18)24-21(26)20-15(3)19(16(4)23-20)22(27)30-5/h6-9,13-14,23H,10-12H2,1-5H3,(H,24,26). The van der Waals surface area contributed by atoms with Gasteiger partial charge in [0.05, 0.1) is 17.6 Å². The number of nitrogens with one attached hydrogen (secondary N) is 2. The third-order valence-electron chi connectivity index (χ3n) is 5.64. The number of carbonyl (C=O) groups is 2. The highest BCUT2D eigenvalue weighted by atomic mass is 32.2. The Morgan fingerprint density at radius 1 is 1.10 bits per heavy atom. The summed E-state index contributed by atoms with van der Waals surface area (Å²) in [4.78, 5) is 27.7. The van der Waals surface area contributed by atoms with Crippen LogP contribution in [0.5, 0.6) is 0 Å². The first-order valence-corrected chi connectivity index (χ1v) is 11.7. The van der Waals surface area contributed by atoms with Crippen LogP contribution in [0.2, 0.25) is 0 Å². The number of aryl methyl sites for hydroxylation is 1. The average Bonchev–Trinajstić information content (AvgIpc) is 3.01. The van der Waals surface area contributed by atoms with Crippen LogP contribution in [0.1, 0.15) is 52.4 Å². The van der Waals surface area contributed by atoms with Crippen molar-refractivity contribution in [2.24, 2.45) is 11.8 Å². The quantitative estimate of drug-likeness (QED) is 0.684. The topological polar surface area (TPSA) is 109 Å². The van der Waals surface area contributed by atoms with E-state index in [-0.39, 0.29) is 10.6 Å². The first-order valence-electron chi connectivity index (χ1n) is 10.2. The molecule has 1 aromatic heterocycles. The van der Waals surface area contributed by atoms with E-state index in [2.05, 4.69) is 24.1 Å². The molecule has 2 aromatic rings. The number of methoxy groups -OCH3 is 1. The van der Waals surface area contributed by atoms with Crippen LogP contribution in [0.15, 0.2) is 29.2 Å². The molecule has 1 aliphatic rings. The summed E-state index contributed by atoms with van der Waals surface area (Å²) in [6.07, 6.45) is 1.02. The summed E-state index contributed by atoms with van der Waals surface area (Å²) in [6, 6.07) is 6.13. The monoisotopic (exact) mass is 447 g/mol. The number of H-pyrrole nitrogens is 1. The van der Waals surface area contributed by atoms with E-state index in [0.717, 1.165) is 6.42 Å². The Kier molecular flexibility index (Phi) is 6.56. The summed E-state index contributed by atoms with van der Waals surface area (Å²) in [5.74, 6) is -0.301. The molecule has 1 saturated heterocycles. The second kappa shape index (κ2) is 8.84. The predicted octanol–water partition coefficient (Wildman–Crippen LogP) is 3.34.